The molecule has 6 heteroatoms. The van der Waals surface area contributed by atoms with Gasteiger partial charge in [0, 0.05) is 18.5 Å². The van der Waals surface area contributed by atoms with Crippen molar-refractivity contribution in [2.75, 3.05) is 31.2 Å². The first-order chi connectivity index (χ1) is 8.01. The minimum absolute atomic E-state index is 0.622. The molecule has 0 bridgehead atoms. The minimum atomic E-state index is -0.930. The van der Waals surface area contributed by atoms with E-state index in [2.05, 4.69) is 9.88 Å². The molecule has 0 amide bonds. The Kier molecular flexibility index (Phi) is 3.35. The van der Waals surface area contributed by atoms with Crippen LogP contribution in [0, 0.1) is 0 Å². The summed E-state index contributed by atoms with van der Waals surface area (Å²) in [4.78, 5) is 17.7. The molecule has 1 saturated heterocycles. The van der Waals surface area contributed by atoms with Crippen LogP contribution in [-0.2, 0) is 14.9 Å². The molecule has 0 unspecified atom stereocenters. The van der Waals surface area contributed by atoms with Crippen molar-refractivity contribution in [3.8, 4) is 0 Å². The number of hydrogen-bond donors (Lipinski definition) is 1. The van der Waals surface area contributed by atoms with Crippen LogP contribution in [0.4, 0.5) is 5.13 Å². The number of morpholine rings is 1. The van der Waals surface area contributed by atoms with Crippen LogP contribution in [0.25, 0.3) is 0 Å². The third-order valence-corrected chi connectivity index (χ3v) is 3.85. The number of hydrogen-bond acceptors (Lipinski definition) is 5. The summed E-state index contributed by atoms with van der Waals surface area (Å²) in [6.07, 6.45) is 0. The first-order valence-corrected chi connectivity index (χ1v) is 6.42. The van der Waals surface area contributed by atoms with Crippen LogP contribution >= 0.6 is 11.3 Å². The zero-order chi connectivity index (χ0) is 12.5. The van der Waals surface area contributed by atoms with Crippen LogP contribution in [0.3, 0.4) is 0 Å². The van der Waals surface area contributed by atoms with Gasteiger partial charge in [-0.05, 0) is 13.8 Å². The largest absolute Gasteiger partial charge is 0.481 e. The number of carbonyl (C=O) groups is 1. The maximum atomic E-state index is 11.1. The van der Waals surface area contributed by atoms with Gasteiger partial charge >= 0.3 is 5.97 Å². The third-order valence-electron chi connectivity index (χ3n) is 2.95. The maximum Gasteiger partial charge on any atom is 0.315 e. The quantitative estimate of drug-likeness (QED) is 0.884. The van der Waals surface area contributed by atoms with Crippen molar-refractivity contribution >= 4 is 22.4 Å². The lowest BCUT2D eigenvalue weighted by molar-refractivity contribution is -0.142. The zero-order valence-electron chi connectivity index (χ0n) is 9.97. The molecule has 0 aliphatic carbocycles. The van der Waals surface area contributed by atoms with Gasteiger partial charge < -0.3 is 14.7 Å². The fourth-order valence-corrected chi connectivity index (χ4v) is 2.61. The van der Waals surface area contributed by atoms with E-state index < -0.39 is 11.4 Å². The van der Waals surface area contributed by atoms with Gasteiger partial charge in [-0.2, -0.15) is 0 Å². The van der Waals surface area contributed by atoms with Crippen LogP contribution in [0.1, 0.15) is 19.5 Å². The summed E-state index contributed by atoms with van der Waals surface area (Å²) < 4.78 is 5.27. The molecule has 0 aromatic carbocycles. The molecule has 1 aromatic heterocycles. The molecule has 0 atom stereocenters. The van der Waals surface area contributed by atoms with Gasteiger partial charge in [0.2, 0.25) is 0 Å². The smallest absolute Gasteiger partial charge is 0.315 e. The van der Waals surface area contributed by atoms with E-state index in [1.807, 2.05) is 5.38 Å². The van der Waals surface area contributed by atoms with Crippen LogP contribution in [0.5, 0.6) is 0 Å². The predicted molar refractivity (Wildman–Crippen MR) is 65.8 cm³/mol. The Bertz CT molecular complexity index is 411. The monoisotopic (exact) mass is 256 g/mol. The molecule has 0 spiro atoms. The van der Waals surface area contributed by atoms with Gasteiger partial charge in [0.1, 0.15) is 5.41 Å². The zero-order valence-corrected chi connectivity index (χ0v) is 10.8. The van der Waals surface area contributed by atoms with Crippen LogP contribution < -0.4 is 4.90 Å². The third kappa shape index (κ3) is 2.42. The molecule has 94 valence electrons. The molecule has 0 saturated carbocycles. The van der Waals surface area contributed by atoms with E-state index in [1.54, 1.807) is 13.8 Å². The molecule has 17 heavy (non-hydrogen) atoms. The Morgan fingerprint density at radius 1 is 1.53 bits per heavy atom. The Morgan fingerprint density at radius 2 is 2.18 bits per heavy atom. The topological polar surface area (TPSA) is 62.7 Å². The number of rotatable bonds is 3. The fourth-order valence-electron chi connectivity index (χ4n) is 1.56. The second-order valence-corrected chi connectivity index (χ2v) is 5.38. The lowest BCUT2D eigenvalue weighted by atomic mass is 9.90. The number of thiazole rings is 1. The van der Waals surface area contributed by atoms with Crippen LogP contribution in [0.2, 0.25) is 0 Å². The van der Waals surface area contributed by atoms with Crippen molar-refractivity contribution in [1.82, 2.24) is 4.98 Å². The van der Waals surface area contributed by atoms with Gasteiger partial charge in [-0.3, -0.25) is 4.79 Å². The number of nitrogens with zero attached hydrogens (tertiary/aromatic N) is 2. The molecular weight excluding hydrogens is 240 g/mol. The second-order valence-electron chi connectivity index (χ2n) is 4.54. The number of ether oxygens (including phenoxy) is 1. The van der Waals surface area contributed by atoms with Crippen molar-refractivity contribution in [3.05, 3.63) is 11.1 Å². The van der Waals surface area contributed by atoms with Gasteiger partial charge in [0.25, 0.3) is 0 Å². The molecule has 1 N–H and O–H groups in total. The Balaban J connectivity index is 2.17. The van der Waals surface area contributed by atoms with E-state index in [9.17, 15) is 4.79 Å². The van der Waals surface area contributed by atoms with E-state index in [0.29, 0.717) is 18.9 Å². The average molecular weight is 256 g/mol. The van der Waals surface area contributed by atoms with E-state index >= 15 is 0 Å². The number of anilines is 1. The van der Waals surface area contributed by atoms with E-state index in [0.717, 1.165) is 18.2 Å². The van der Waals surface area contributed by atoms with Gasteiger partial charge in [0.15, 0.2) is 5.13 Å². The molecular formula is C11H16N2O3S. The normalized spacial score (nSPS) is 17.2. The Hall–Kier alpha value is -1.14. The molecule has 2 heterocycles. The van der Waals surface area contributed by atoms with Crippen molar-refractivity contribution in [3.63, 3.8) is 0 Å². The summed E-state index contributed by atoms with van der Waals surface area (Å²) in [6.45, 7) is 6.40. The number of carboxylic acids is 1. The second kappa shape index (κ2) is 4.62. The average Bonchev–Trinajstić information content (AvgIpc) is 2.80. The molecule has 5 nitrogen and oxygen atoms in total. The predicted octanol–water partition coefficient (Wildman–Crippen LogP) is 1.34. The summed E-state index contributed by atoms with van der Waals surface area (Å²) in [6, 6.07) is 0. The summed E-state index contributed by atoms with van der Waals surface area (Å²) in [7, 11) is 0. The van der Waals surface area contributed by atoms with E-state index in [1.165, 1.54) is 11.3 Å². The van der Waals surface area contributed by atoms with Gasteiger partial charge in [-0.15, -0.1) is 11.3 Å². The lowest BCUT2D eigenvalue weighted by Crippen LogP contribution is -2.36. The number of aromatic nitrogens is 1. The first kappa shape index (κ1) is 12.3. The first-order valence-electron chi connectivity index (χ1n) is 5.54. The van der Waals surface area contributed by atoms with Crippen molar-refractivity contribution in [2.45, 2.75) is 19.3 Å². The van der Waals surface area contributed by atoms with Crippen molar-refractivity contribution < 1.29 is 14.6 Å². The Morgan fingerprint density at radius 3 is 2.76 bits per heavy atom. The maximum absolute atomic E-state index is 11.1. The van der Waals surface area contributed by atoms with E-state index in [4.69, 9.17) is 9.84 Å². The Labute approximate surface area is 104 Å². The number of carboxylic acid groups (broad SMARTS) is 1. The molecule has 2 rings (SSSR count). The fraction of sp³-hybridized carbons (Fsp3) is 0.636. The molecule has 0 radical (unpaired) electrons. The highest BCUT2D eigenvalue weighted by Gasteiger charge is 2.32. The molecule has 1 aromatic rings. The van der Waals surface area contributed by atoms with E-state index in [-0.39, 0.29) is 0 Å². The highest BCUT2D eigenvalue weighted by Crippen LogP contribution is 2.29. The van der Waals surface area contributed by atoms with Crippen molar-refractivity contribution in [2.24, 2.45) is 0 Å². The number of aliphatic carboxylic acids is 1. The summed E-state index contributed by atoms with van der Waals surface area (Å²) in [5.41, 5.74) is -0.308. The van der Waals surface area contributed by atoms with Gasteiger partial charge in [0.05, 0.1) is 18.9 Å². The highest BCUT2D eigenvalue weighted by molar-refractivity contribution is 7.13. The standard InChI is InChI=1S/C11H16N2O3S/c1-11(2,9(14)15)8-7-17-10(12-8)13-3-5-16-6-4-13/h7H,3-6H2,1-2H3,(H,14,15). The van der Waals surface area contributed by atoms with Crippen LogP contribution in [-0.4, -0.2) is 42.4 Å². The minimum Gasteiger partial charge on any atom is -0.481 e. The van der Waals surface area contributed by atoms with Crippen LogP contribution in [0.15, 0.2) is 5.38 Å². The molecule has 1 aliphatic heterocycles. The summed E-state index contributed by atoms with van der Waals surface area (Å²) in [5, 5.41) is 11.9. The summed E-state index contributed by atoms with van der Waals surface area (Å²) in [5.74, 6) is -0.851. The van der Waals surface area contributed by atoms with Crippen molar-refractivity contribution in [1.29, 1.82) is 0 Å². The molecule has 1 fully saturated rings. The van der Waals surface area contributed by atoms with Gasteiger partial charge in [-0.25, -0.2) is 4.98 Å². The summed E-state index contributed by atoms with van der Waals surface area (Å²) >= 11 is 1.50. The highest BCUT2D eigenvalue weighted by atomic mass is 32.1. The van der Waals surface area contributed by atoms with Gasteiger partial charge in [-0.1, -0.05) is 0 Å². The SMILES string of the molecule is CC(C)(C(=O)O)c1csc(N2CCOCC2)n1. The lowest BCUT2D eigenvalue weighted by Gasteiger charge is -2.26. The molecule has 1 aliphatic rings.